The van der Waals surface area contributed by atoms with Crippen LogP contribution in [0.25, 0.3) is 0 Å². The Morgan fingerprint density at radius 2 is 1.77 bits per heavy atom. The standard InChI is InChI=1S/C24H36N4O2/c1-24(2,3)26-22(29)15-28-17-9-10-18(28)12-16(11-17)13-25-23(30)20-14-27(4)21-8-6-5-7-19(20)21/h5-8,14,16-19,21H,9-13,15H2,1-4H3,(H,25,30)(H,26,29)/t16?,17-,18+,19?,21?. The number of likely N-dealkylation sites (N-methyl/N-ethyl adjacent to an activating group) is 1. The lowest BCUT2D eigenvalue weighted by atomic mass is 9.89. The molecule has 0 aromatic carbocycles. The van der Waals surface area contributed by atoms with Gasteiger partial charge in [0.2, 0.25) is 11.8 Å². The number of carbonyl (C=O) groups is 2. The quantitative estimate of drug-likeness (QED) is 0.727. The van der Waals surface area contributed by atoms with E-state index in [1.54, 1.807) is 0 Å². The maximum Gasteiger partial charge on any atom is 0.249 e. The number of allylic oxidation sites excluding steroid dienone is 2. The fraction of sp³-hybridized carbons (Fsp3) is 0.667. The van der Waals surface area contributed by atoms with Gasteiger partial charge in [-0.1, -0.05) is 24.3 Å². The van der Waals surface area contributed by atoms with Gasteiger partial charge in [-0.25, -0.2) is 0 Å². The average molecular weight is 413 g/mol. The Balaban J connectivity index is 1.28. The van der Waals surface area contributed by atoms with Crippen LogP contribution in [0.2, 0.25) is 0 Å². The minimum atomic E-state index is -0.190. The van der Waals surface area contributed by atoms with E-state index in [1.165, 1.54) is 0 Å². The predicted octanol–water partition coefficient (Wildman–Crippen LogP) is 2.20. The summed E-state index contributed by atoms with van der Waals surface area (Å²) in [5, 5.41) is 6.30. The van der Waals surface area contributed by atoms with Crippen molar-refractivity contribution in [2.24, 2.45) is 11.8 Å². The third kappa shape index (κ3) is 4.48. The summed E-state index contributed by atoms with van der Waals surface area (Å²) in [7, 11) is 2.03. The van der Waals surface area contributed by atoms with Crippen LogP contribution in [0.3, 0.4) is 0 Å². The number of nitrogens with zero attached hydrogens (tertiary/aromatic N) is 2. The van der Waals surface area contributed by atoms with Gasteiger partial charge in [0.1, 0.15) is 0 Å². The molecule has 2 fully saturated rings. The Morgan fingerprint density at radius 3 is 2.43 bits per heavy atom. The van der Waals surface area contributed by atoms with Crippen LogP contribution >= 0.6 is 0 Å². The number of fused-ring (bicyclic) bond motifs is 3. The van der Waals surface area contributed by atoms with Gasteiger partial charge in [-0.3, -0.25) is 14.5 Å². The highest BCUT2D eigenvalue weighted by Gasteiger charge is 2.42. The molecule has 3 heterocycles. The van der Waals surface area contributed by atoms with E-state index in [0.29, 0.717) is 24.5 Å². The molecule has 4 aliphatic rings. The molecule has 2 amide bonds. The van der Waals surface area contributed by atoms with Crippen molar-refractivity contribution in [1.29, 1.82) is 0 Å². The summed E-state index contributed by atoms with van der Waals surface area (Å²) < 4.78 is 0. The summed E-state index contributed by atoms with van der Waals surface area (Å²) in [6, 6.07) is 1.18. The summed E-state index contributed by atoms with van der Waals surface area (Å²) >= 11 is 0. The normalized spacial score (nSPS) is 32.7. The van der Waals surface area contributed by atoms with E-state index in [-0.39, 0.29) is 29.3 Å². The van der Waals surface area contributed by atoms with Gasteiger partial charge < -0.3 is 15.5 Å². The Bertz CT molecular complexity index is 765. The molecular weight excluding hydrogens is 376 g/mol. The van der Waals surface area contributed by atoms with Crippen molar-refractivity contribution in [3.8, 4) is 0 Å². The number of nitrogens with one attached hydrogen (secondary N) is 2. The zero-order valence-corrected chi connectivity index (χ0v) is 18.7. The van der Waals surface area contributed by atoms with Crippen LogP contribution in [0.4, 0.5) is 0 Å². The Morgan fingerprint density at radius 1 is 1.10 bits per heavy atom. The average Bonchev–Trinajstić information content (AvgIpc) is 3.11. The van der Waals surface area contributed by atoms with Gasteiger partial charge in [0.25, 0.3) is 0 Å². The van der Waals surface area contributed by atoms with Crippen LogP contribution in [0.5, 0.6) is 0 Å². The molecule has 5 atom stereocenters. The summed E-state index contributed by atoms with van der Waals surface area (Å²) in [6.45, 7) is 7.29. The monoisotopic (exact) mass is 412 g/mol. The van der Waals surface area contributed by atoms with E-state index < -0.39 is 0 Å². The molecule has 2 saturated heterocycles. The first kappa shape index (κ1) is 21.2. The van der Waals surface area contributed by atoms with E-state index >= 15 is 0 Å². The molecule has 6 nitrogen and oxygen atoms in total. The molecule has 0 aromatic rings. The molecule has 0 spiro atoms. The molecule has 0 aromatic heterocycles. The van der Waals surface area contributed by atoms with Crippen molar-refractivity contribution >= 4 is 11.8 Å². The van der Waals surface area contributed by atoms with Gasteiger partial charge in [-0.05, 0) is 52.4 Å². The smallest absolute Gasteiger partial charge is 0.249 e. The van der Waals surface area contributed by atoms with E-state index in [4.69, 9.17) is 0 Å². The minimum absolute atomic E-state index is 0.0635. The first-order valence-corrected chi connectivity index (χ1v) is 11.3. The Hall–Kier alpha value is -2.08. The second kappa shape index (κ2) is 8.22. The highest BCUT2D eigenvalue weighted by Crippen LogP contribution is 2.38. The summed E-state index contributed by atoms with van der Waals surface area (Å²) in [6.07, 6.45) is 14.8. The SMILES string of the molecule is CN1C=C(C(=O)NCC2C[C@H]3CC[C@@H](C2)N3CC(=O)NC(C)(C)C)C2C=CC=CC21. The van der Waals surface area contributed by atoms with Crippen LogP contribution in [0.15, 0.2) is 36.1 Å². The lowest BCUT2D eigenvalue weighted by Gasteiger charge is -2.39. The first-order chi connectivity index (χ1) is 14.2. The lowest BCUT2D eigenvalue weighted by molar-refractivity contribution is -0.125. The maximum atomic E-state index is 12.9. The highest BCUT2D eigenvalue weighted by molar-refractivity contribution is 5.95. The predicted molar refractivity (Wildman–Crippen MR) is 119 cm³/mol. The number of carbonyl (C=O) groups excluding carboxylic acids is 2. The summed E-state index contributed by atoms with van der Waals surface area (Å²) in [5.41, 5.74) is 0.673. The Kier molecular flexibility index (Phi) is 5.80. The van der Waals surface area contributed by atoms with Gasteiger partial charge in [-0.2, -0.15) is 0 Å². The van der Waals surface area contributed by atoms with E-state index in [9.17, 15) is 9.59 Å². The topological polar surface area (TPSA) is 64.7 Å². The van der Waals surface area contributed by atoms with Crippen LogP contribution in [-0.4, -0.2) is 65.4 Å². The summed E-state index contributed by atoms with van der Waals surface area (Å²) in [5.74, 6) is 0.825. The maximum absolute atomic E-state index is 12.9. The van der Waals surface area contributed by atoms with Crippen molar-refractivity contribution in [2.75, 3.05) is 20.1 Å². The van der Waals surface area contributed by atoms with Gasteiger partial charge in [0.05, 0.1) is 12.6 Å². The molecule has 0 radical (unpaired) electrons. The van der Waals surface area contributed by atoms with Crippen LogP contribution in [0.1, 0.15) is 46.5 Å². The third-order valence-corrected chi connectivity index (χ3v) is 6.91. The summed E-state index contributed by atoms with van der Waals surface area (Å²) in [4.78, 5) is 29.8. The highest BCUT2D eigenvalue weighted by atomic mass is 16.2. The fourth-order valence-corrected chi connectivity index (χ4v) is 5.65. The van der Waals surface area contributed by atoms with Crippen molar-refractivity contribution < 1.29 is 9.59 Å². The Labute approximate surface area is 180 Å². The van der Waals surface area contributed by atoms with E-state index in [1.807, 2.05) is 40.1 Å². The second-order valence-corrected chi connectivity index (χ2v) is 10.4. The zero-order chi connectivity index (χ0) is 21.5. The number of hydrogen-bond acceptors (Lipinski definition) is 4. The van der Waals surface area contributed by atoms with Crippen LogP contribution < -0.4 is 10.6 Å². The zero-order valence-electron chi connectivity index (χ0n) is 18.7. The third-order valence-electron chi connectivity index (χ3n) is 6.91. The number of amides is 2. The molecular formula is C24H36N4O2. The van der Waals surface area contributed by atoms with Gasteiger partial charge in [0.15, 0.2) is 0 Å². The largest absolute Gasteiger partial charge is 0.373 e. The van der Waals surface area contributed by atoms with Crippen molar-refractivity contribution in [3.05, 3.63) is 36.1 Å². The first-order valence-electron chi connectivity index (χ1n) is 11.3. The lowest BCUT2D eigenvalue weighted by Crippen LogP contribution is -2.52. The van der Waals surface area contributed by atoms with Crippen LogP contribution in [-0.2, 0) is 9.59 Å². The molecule has 6 heteroatoms. The minimum Gasteiger partial charge on any atom is -0.373 e. The molecule has 164 valence electrons. The molecule has 2 bridgehead atoms. The number of piperidine rings is 1. The number of rotatable bonds is 5. The van der Waals surface area contributed by atoms with Crippen molar-refractivity contribution in [3.63, 3.8) is 0 Å². The molecule has 2 N–H and O–H groups in total. The molecule has 0 saturated carbocycles. The molecule has 1 aliphatic carbocycles. The van der Waals surface area contributed by atoms with Gasteiger partial charge in [-0.15, -0.1) is 0 Å². The molecule has 4 rings (SSSR count). The van der Waals surface area contributed by atoms with E-state index in [0.717, 1.165) is 37.8 Å². The number of hydrogen-bond donors (Lipinski definition) is 2. The van der Waals surface area contributed by atoms with Gasteiger partial charge in [0, 0.05) is 48.9 Å². The second-order valence-electron chi connectivity index (χ2n) is 10.4. The van der Waals surface area contributed by atoms with Crippen LogP contribution in [0, 0.1) is 11.8 Å². The van der Waals surface area contributed by atoms with E-state index in [2.05, 4.69) is 38.7 Å². The molecule has 3 aliphatic heterocycles. The van der Waals surface area contributed by atoms with Crippen molar-refractivity contribution in [1.82, 2.24) is 20.4 Å². The fourth-order valence-electron chi connectivity index (χ4n) is 5.65. The molecule has 30 heavy (non-hydrogen) atoms. The molecule has 3 unspecified atom stereocenters. The van der Waals surface area contributed by atoms with Gasteiger partial charge >= 0.3 is 0 Å². The van der Waals surface area contributed by atoms with Crippen molar-refractivity contribution in [2.45, 2.75) is 70.1 Å².